The van der Waals surface area contributed by atoms with Gasteiger partial charge in [0.05, 0.1) is 0 Å². The molecule has 3 heterocycles. The number of fused-ring (bicyclic) bond motifs is 1. The van der Waals surface area contributed by atoms with Crippen LogP contribution in [0, 0.1) is 6.92 Å². The van der Waals surface area contributed by atoms with E-state index in [2.05, 4.69) is 25.3 Å². The minimum absolute atomic E-state index is 0.144. The molecule has 8 nitrogen and oxygen atoms in total. The number of hydrogen-bond donors (Lipinski definition) is 1. The molecule has 0 fully saturated rings. The van der Waals surface area contributed by atoms with Crippen molar-refractivity contribution in [1.29, 1.82) is 0 Å². The highest BCUT2D eigenvalue weighted by Gasteiger charge is 2.37. The van der Waals surface area contributed by atoms with Gasteiger partial charge in [0.2, 0.25) is 5.16 Å². The van der Waals surface area contributed by atoms with E-state index in [1.54, 1.807) is 13.0 Å². The van der Waals surface area contributed by atoms with Crippen molar-refractivity contribution in [3.63, 3.8) is 0 Å². The first-order valence-electron chi connectivity index (χ1n) is 7.17. The van der Waals surface area contributed by atoms with E-state index in [9.17, 15) is 13.2 Å². The van der Waals surface area contributed by atoms with Crippen molar-refractivity contribution in [2.75, 3.05) is 5.84 Å². The predicted octanol–water partition coefficient (Wildman–Crippen LogP) is 2.21. The zero-order chi connectivity index (χ0) is 18.6. The molecular formula is C13H15F3N8S. The molecule has 0 saturated heterocycles. The topological polar surface area (TPSA) is 99.8 Å². The molecule has 3 rings (SSSR count). The van der Waals surface area contributed by atoms with Crippen LogP contribution >= 0.6 is 11.8 Å². The Balaban J connectivity index is 2.08. The van der Waals surface area contributed by atoms with Crippen molar-refractivity contribution >= 4 is 17.5 Å². The predicted molar refractivity (Wildman–Crippen MR) is 83.5 cm³/mol. The lowest BCUT2D eigenvalue weighted by atomic mass is 9.96. The van der Waals surface area contributed by atoms with Gasteiger partial charge in [-0.2, -0.15) is 22.7 Å². The van der Waals surface area contributed by atoms with Crippen LogP contribution in [0.4, 0.5) is 13.2 Å². The van der Waals surface area contributed by atoms with Crippen LogP contribution in [0.2, 0.25) is 0 Å². The van der Waals surface area contributed by atoms with Crippen LogP contribution in [0.15, 0.2) is 16.2 Å². The quantitative estimate of drug-likeness (QED) is 0.544. The van der Waals surface area contributed by atoms with E-state index < -0.39 is 12.0 Å². The molecule has 0 aromatic carbocycles. The molecule has 0 atom stereocenters. The fraction of sp³-hybridized carbons (Fsp3) is 0.462. The van der Waals surface area contributed by atoms with E-state index in [-0.39, 0.29) is 11.2 Å². The summed E-state index contributed by atoms with van der Waals surface area (Å²) in [7, 11) is 0. The number of nitrogens with two attached hydrogens (primary N) is 1. The van der Waals surface area contributed by atoms with E-state index in [4.69, 9.17) is 5.84 Å². The number of alkyl halides is 3. The van der Waals surface area contributed by atoms with Crippen LogP contribution in [0.5, 0.6) is 0 Å². The Morgan fingerprint density at radius 2 is 1.80 bits per heavy atom. The molecule has 0 saturated carbocycles. The minimum Gasteiger partial charge on any atom is -0.336 e. The molecular weight excluding hydrogens is 357 g/mol. The molecule has 0 amide bonds. The summed E-state index contributed by atoms with van der Waals surface area (Å²) in [5.74, 6) is 5.17. The van der Waals surface area contributed by atoms with Crippen molar-refractivity contribution in [1.82, 2.24) is 34.5 Å². The molecule has 0 bridgehead atoms. The number of nitrogens with zero attached hydrogens (tertiary/aromatic N) is 7. The van der Waals surface area contributed by atoms with Gasteiger partial charge in [0.1, 0.15) is 5.03 Å². The number of aryl methyl sites for hydroxylation is 1. The van der Waals surface area contributed by atoms with Crippen molar-refractivity contribution in [2.24, 2.45) is 0 Å². The van der Waals surface area contributed by atoms with Crippen LogP contribution in [0.25, 0.3) is 5.78 Å². The molecule has 3 aromatic rings. The molecule has 0 unspecified atom stereocenters. The molecule has 0 aliphatic rings. The lowest BCUT2D eigenvalue weighted by molar-refractivity contribution is -0.144. The fourth-order valence-electron chi connectivity index (χ4n) is 2.10. The average molecular weight is 372 g/mol. The first-order chi connectivity index (χ1) is 11.5. The number of nitrogen functional groups attached to an aromatic ring is 1. The highest BCUT2D eigenvalue weighted by Crippen LogP contribution is 2.31. The lowest BCUT2D eigenvalue weighted by Crippen LogP contribution is -2.24. The Bertz CT molecular complexity index is 937. The molecule has 2 N–H and O–H groups in total. The minimum atomic E-state index is -4.66. The lowest BCUT2D eigenvalue weighted by Gasteiger charge is -2.16. The average Bonchev–Trinajstić information content (AvgIpc) is 3.02. The molecule has 134 valence electrons. The van der Waals surface area contributed by atoms with Gasteiger partial charge in [0.25, 0.3) is 11.6 Å². The third-order valence-electron chi connectivity index (χ3n) is 3.19. The monoisotopic (exact) mass is 372 g/mol. The van der Waals surface area contributed by atoms with Crippen LogP contribution in [-0.4, -0.2) is 34.5 Å². The summed E-state index contributed by atoms with van der Waals surface area (Å²) in [6.07, 6.45) is -4.66. The van der Waals surface area contributed by atoms with Crippen LogP contribution < -0.4 is 5.84 Å². The highest BCUT2D eigenvalue weighted by molar-refractivity contribution is 7.99. The first-order valence-corrected chi connectivity index (χ1v) is 7.99. The van der Waals surface area contributed by atoms with Crippen molar-refractivity contribution in [2.45, 2.75) is 49.5 Å². The summed E-state index contributed by atoms with van der Waals surface area (Å²) in [4.78, 5) is 7.42. The van der Waals surface area contributed by atoms with Gasteiger partial charge in [-0.15, -0.1) is 15.3 Å². The standard InChI is InChI=1S/C13H15F3N8S/c1-6-5-7(24-10(18-6)19-8(22-24)13(14,15)16)25-11-21-20-9(23(11)17)12(2,3)4/h5H,17H2,1-4H3. The Morgan fingerprint density at radius 1 is 1.12 bits per heavy atom. The smallest absolute Gasteiger partial charge is 0.336 e. The zero-order valence-corrected chi connectivity index (χ0v) is 14.6. The molecule has 0 spiro atoms. The second-order valence-electron chi connectivity index (χ2n) is 6.41. The van der Waals surface area contributed by atoms with E-state index in [1.165, 1.54) is 4.68 Å². The van der Waals surface area contributed by atoms with Crippen LogP contribution in [0.1, 0.15) is 38.1 Å². The van der Waals surface area contributed by atoms with Gasteiger partial charge < -0.3 is 5.84 Å². The summed E-state index contributed by atoms with van der Waals surface area (Å²) in [5, 5.41) is 12.3. The summed E-state index contributed by atoms with van der Waals surface area (Å²) in [6, 6.07) is 1.58. The summed E-state index contributed by atoms with van der Waals surface area (Å²) >= 11 is 1.04. The van der Waals surface area contributed by atoms with Crippen molar-refractivity contribution in [3.05, 3.63) is 23.4 Å². The van der Waals surface area contributed by atoms with E-state index in [0.717, 1.165) is 16.3 Å². The maximum absolute atomic E-state index is 12.9. The van der Waals surface area contributed by atoms with E-state index >= 15 is 0 Å². The Hall–Kier alpha value is -2.37. The number of rotatable bonds is 2. The zero-order valence-electron chi connectivity index (χ0n) is 13.8. The second-order valence-corrected chi connectivity index (χ2v) is 7.40. The summed E-state index contributed by atoms with van der Waals surface area (Å²) in [5.41, 5.74) is 0.163. The molecule has 3 aromatic heterocycles. The first kappa shape index (κ1) is 17.5. The van der Waals surface area contributed by atoms with Gasteiger partial charge in [0, 0.05) is 11.1 Å². The fourth-order valence-corrected chi connectivity index (χ4v) is 2.99. The number of hydrogen-bond acceptors (Lipinski definition) is 7. The maximum Gasteiger partial charge on any atom is 0.453 e. The van der Waals surface area contributed by atoms with Gasteiger partial charge in [-0.1, -0.05) is 20.8 Å². The SMILES string of the molecule is Cc1cc(Sc2nnc(C(C)(C)C)n2N)n2nc(C(F)(F)F)nc2n1. The van der Waals surface area contributed by atoms with Crippen molar-refractivity contribution < 1.29 is 13.2 Å². The van der Waals surface area contributed by atoms with Crippen LogP contribution in [0.3, 0.4) is 0 Å². The molecule has 25 heavy (non-hydrogen) atoms. The molecule has 12 heteroatoms. The van der Waals surface area contributed by atoms with Gasteiger partial charge >= 0.3 is 6.18 Å². The normalized spacial score (nSPS) is 12.9. The Kier molecular flexibility index (Phi) is 3.89. The van der Waals surface area contributed by atoms with E-state index in [1.807, 2.05) is 20.8 Å². The highest BCUT2D eigenvalue weighted by atomic mass is 32.2. The third-order valence-corrected chi connectivity index (χ3v) is 4.15. The second kappa shape index (κ2) is 5.58. The maximum atomic E-state index is 12.9. The van der Waals surface area contributed by atoms with Gasteiger partial charge in [-0.05, 0) is 24.8 Å². The Labute approximate surface area is 144 Å². The number of halogens is 3. The van der Waals surface area contributed by atoms with Gasteiger partial charge in [0.15, 0.2) is 5.82 Å². The molecule has 0 aliphatic heterocycles. The van der Waals surface area contributed by atoms with Crippen molar-refractivity contribution in [3.8, 4) is 0 Å². The molecule has 0 radical (unpaired) electrons. The van der Waals surface area contributed by atoms with Gasteiger partial charge in [-0.25, -0.2) is 9.66 Å². The largest absolute Gasteiger partial charge is 0.453 e. The third kappa shape index (κ3) is 3.25. The Morgan fingerprint density at radius 3 is 2.36 bits per heavy atom. The summed E-state index contributed by atoms with van der Waals surface area (Å²) < 4.78 is 40.9. The molecule has 0 aliphatic carbocycles. The van der Waals surface area contributed by atoms with E-state index in [0.29, 0.717) is 21.7 Å². The number of aromatic nitrogens is 7. The van der Waals surface area contributed by atoms with Gasteiger partial charge in [-0.3, -0.25) is 0 Å². The van der Waals surface area contributed by atoms with Crippen LogP contribution in [-0.2, 0) is 11.6 Å². The summed E-state index contributed by atoms with van der Waals surface area (Å²) in [6.45, 7) is 7.43.